The van der Waals surface area contributed by atoms with Crippen LogP contribution in [0.2, 0.25) is 0 Å². The van der Waals surface area contributed by atoms with Crippen molar-refractivity contribution in [3.8, 4) is 0 Å². The van der Waals surface area contributed by atoms with Gasteiger partial charge in [-0.3, -0.25) is 4.79 Å². The number of hydrogen-bond donors (Lipinski definition) is 2. The van der Waals surface area contributed by atoms with Gasteiger partial charge in [0.1, 0.15) is 11.9 Å². The number of benzene rings is 2. The van der Waals surface area contributed by atoms with Crippen LogP contribution in [0, 0.1) is 5.82 Å². The topological polar surface area (TPSA) is 45.7 Å². The van der Waals surface area contributed by atoms with Gasteiger partial charge in [-0.1, -0.05) is 48.5 Å². The van der Waals surface area contributed by atoms with Crippen LogP contribution < -0.4 is 10.6 Å². The molecule has 0 spiro atoms. The van der Waals surface area contributed by atoms with Gasteiger partial charge in [0.25, 0.3) is 5.91 Å². The fourth-order valence-corrected chi connectivity index (χ4v) is 3.50. The van der Waals surface area contributed by atoms with E-state index in [1.165, 1.54) is 22.6 Å². The summed E-state index contributed by atoms with van der Waals surface area (Å²) in [5, 5.41) is 6.97. The summed E-state index contributed by atoms with van der Waals surface area (Å²) in [6, 6.07) is 20.6. The van der Waals surface area contributed by atoms with Crippen LogP contribution in [0.4, 0.5) is 4.39 Å². The van der Waals surface area contributed by atoms with Crippen LogP contribution in [0.3, 0.4) is 0 Å². The molecular weight excluding hydrogens is 335 g/mol. The van der Waals surface area contributed by atoms with E-state index in [1.54, 1.807) is 23.5 Å². The zero-order chi connectivity index (χ0) is 17.5. The maximum absolute atomic E-state index is 12.9. The van der Waals surface area contributed by atoms with E-state index in [0.29, 0.717) is 13.1 Å². The lowest BCUT2D eigenvalue weighted by atomic mass is 10.1. The molecule has 0 aliphatic rings. The van der Waals surface area contributed by atoms with E-state index in [-0.39, 0.29) is 17.8 Å². The van der Waals surface area contributed by atoms with Crippen LogP contribution in [0.5, 0.6) is 0 Å². The average Bonchev–Trinajstić information content (AvgIpc) is 3.17. The van der Waals surface area contributed by atoms with Crippen LogP contribution in [0.1, 0.15) is 22.0 Å². The third-order valence-electron chi connectivity index (χ3n) is 3.95. The Labute approximate surface area is 150 Å². The molecule has 1 amide bonds. The molecule has 5 heteroatoms. The van der Waals surface area contributed by atoms with Gasteiger partial charge in [-0.05, 0) is 29.1 Å². The third-order valence-corrected chi connectivity index (χ3v) is 4.91. The van der Waals surface area contributed by atoms with Crippen molar-refractivity contribution >= 4 is 17.2 Å². The van der Waals surface area contributed by atoms with E-state index in [2.05, 4.69) is 23.5 Å². The van der Waals surface area contributed by atoms with Crippen LogP contribution in [0.15, 0.2) is 72.1 Å². The Morgan fingerprint density at radius 1 is 1.04 bits per heavy atom. The van der Waals surface area contributed by atoms with Crippen LogP contribution in [-0.4, -0.2) is 12.5 Å². The summed E-state index contributed by atoms with van der Waals surface area (Å²) in [5.41, 5.74) is 2.06. The van der Waals surface area contributed by atoms with Gasteiger partial charge in [0, 0.05) is 12.1 Å². The van der Waals surface area contributed by atoms with Crippen LogP contribution >= 0.6 is 11.3 Å². The van der Waals surface area contributed by atoms with Crippen molar-refractivity contribution in [3.05, 3.63) is 93.9 Å². The van der Waals surface area contributed by atoms with E-state index in [0.717, 1.165) is 5.56 Å². The highest BCUT2D eigenvalue weighted by molar-refractivity contribution is 7.10. The van der Waals surface area contributed by atoms with Crippen molar-refractivity contribution in [3.63, 3.8) is 0 Å². The molecule has 0 saturated carbocycles. The standard InChI is InChI=1S/C20H19FN2OS/c21-17-10-8-15(9-11-17)13-22-19(24)14-23-20(18-7-4-12-25-18)16-5-2-1-3-6-16/h1-12,20,23H,13-14H2,(H,22,24)/p+1/t20-/m0/s1. The first-order valence-electron chi connectivity index (χ1n) is 8.15. The minimum absolute atomic E-state index is 0.0400. The van der Waals surface area contributed by atoms with Crippen molar-refractivity contribution in [1.29, 1.82) is 0 Å². The van der Waals surface area contributed by atoms with Crippen molar-refractivity contribution in [2.45, 2.75) is 12.6 Å². The third kappa shape index (κ3) is 4.98. The summed E-state index contributed by atoms with van der Waals surface area (Å²) in [7, 11) is 0. The zero-order valence-electron chi connectivity index (χ0n) is 13.7. The maximum atomic E-state index is 12.9. The Balaban J connectivity index is 1.57. The molecule has 1 heterocycles. The van der Waals surface area contributed by atoms with Gasteiger partial charge in [-0.2, -0.15) is 0 Å². The van der Waals surface area contributed by atoms with Gasteiger partial charge in [0.05, 0.1) is 4.88 Å². The normalized spacial score (nSPS) is 11.9. The van der Waals surface area contributed by atoms with E-state index in [1.807, 2.05) is 35.0 Å². The smallest absolute Gasteiger partial charge is 0.275 e. The molecule has 0 aliphatic heterocycles. The molecule has 3 rings (SSSR count). The number of rotatable bonds is 7. The number of carbonyl (C=O) groups is 1. The molecule has 128 valence electrons. The number of quaternary nitrogens is 1. The highest BCUT2D eigenvalue weighted by atomic mass is 32.1. The SMILES string of the molecule is O=C(C[NH2+][C@@H](c1ccccc1)c1cccs1)NCc1ccc(F)cc1. The minimum atomic E-state index is -0.273. The first-order valence-corrected chi connectivity index (χ1v) is 9.03. The summed E-state index contributed by atoms with van der Waals surface area (Å²) >= 11 is 1.69. The lowest BCUT2D eigenvalue weighted by molar-refractivity contribution is -0.676. The van der Waals surface area contributed by atoms with Crippen molar-refractivity contribution in [1.82, 2.24) is 5.32 Å². The Morgan fingerprint density at radius 3 is 2.48 bits per heavy atom. The fraction of sp³-hybridized carbons (Fsp3) is 0.150. The van der Waals surface area contributed by atoms with Crippen LogP contribution in [0.25, 0.3) is 0 Å². The number of carbonyl (C=O) groups excluding carboxylic acids is 1. The Bertz CT molecular complexity index is 788. The Kier molecular flexibility index (Phi) is 5.93. The molecular formula is C20H20FN2OS+. The maximum Gasteiger partial charge on any atom is 0.275 e. The second-order valence-electron chi connectivity index (χ2n) is 5.75. The van der Waals surface area contributed by atoms with Crippen molar-refractivity contribution in [2.24, 2.45) is 0 Å². The molecule has 25 heavy (non-hydrogen) atoms. The molecule has 3 N–H and O–H groups in total. The second-order valence-corrected chi connectivity index (χ2v) is 6.73. The molecule has 0 bridgehead atoms. The molecule has 0 radical (unpaired) electrons. The highest BCUT2D eigenvalue weighted by Gasteiger charge is 2.19. The number of halogens is 1. The fourth-order valence-electron chi connectivity index (χ4n) is 2.65. The van der Waals surface area contributed by atoms with Gasteiger partial charge >= 0.3 is 0 Å². The van der Waals surface area contributed by atoms with Gasteiger partial charge in [-0.15, -0.1) is 11.3 Å². The zero-order valence-corrected chi connectivity index (χ0v) is 14.5. The Hall–Kier alpha value is -2.50. The van der Waals surface area contributed by atoms with Gasteiger partial charge in [0.2, 0.25) is 0 Å². The highest BCUT2D eigenvalue weighted by Crippen LogP contribution is 2.22. The Morgan fingerprint density at radius 2 is 1.80 bits per heavy atom. The average molecular weight is 355 g/mol. The summed E-state index contributed by atoms with van der Waals surface area (Å²) in [6.45, 7) is 0.737. The van der Waals surface area contributed by atoms with E-state index >= 15 is 0 Å². The van der Waals surface area contributed by atoms with E-state index in [9.17, 15) is 9.18 Å². The number of nitrogens with two attached hydrogens (primary N) is 1. The summed E-state index contributed by atoms with van der Waals surface area (Å²) in [5.74, 6) is -0.313. The predicted molar refractivity (Wildman–Crippen MR) is 97.6 cm³/mol. The molecule has 2 aromatic carbocycles. The van der Waals surface area contributed by atoms with Crippen LogP contribution in [-0.2, 0) is 11.3 Å². The van der Waals surface area contributed by atoms with Crippen molar-refractivity contribution < 1.29 is 14.5 Å². The van der Waals surface area contributed by atoms with Gasteiger partial charge < -0.3 is 10.6 Å². The number of nitrogens with one attached hydrogen (secondary N) is 1. The summed E-state index contributed by atoms with van der Waals surface area (Å²) < 4.78 is 12.9. The largest absolute Gasteiger partial charge is 0.347 e. The summed E-state index contributed by atoms with van der Waals surface area (Å²) in [4.78, 5) is 13.4. The molecule has 0 saturated heterocycles. The van der Waals surface area contributed by atoms with E-state index < -0.39 is 0 Å². The molecule has 0 fully saturated rings. The number of thiophene rings is 1. The van der Waals surface area contributed by atoms with Gasteiger partial charge in [0.15, 0.2) is 6.54 Å². The number of amides is 1. The van der Waals surface area contributed by atoms with Crippen molar-refractivity contribution in [2.75, 3.05) is 6.54 Å². The number of hydrogen-bond acceptors (Lipinski definition) is 2. The first-order chi connectivity index (χ1) is 12.2. The summed E-state index contributed by atoms with van der Waals surface area (Å²) in [6.07, 6.45) is 0. The molecule has 0 aliphatic carbocycles. The lowest BCUT2D eigenvalue weighted by Crippen LogP contribution is -2.87. The van der Waals surface area contributed by atoms with E-state index in [4.69, 9.17) is 0 Å². The molecule has 0 unspecified atom stereocenters. The first kappa shape index (κ1) is 17.3. The lowest BCUT2D eigenvalue weighted by Gasteiger charge is -2.14. The second kappa shape index (κ2) is 8.55. The quantitative estimate of drug-likeness (QED) is 0.673. The molecule has 1 aromatic heterocycles. The predicted octanol–water partition coefficient (Wildman–Crippen LogP) is 2.86. The monoisotopic (exact) mass is 355 g/mol. The van der Waals surface area contributed by atoms with Gasteiger partial charge in [-0.25, -0.2) is 4.39 Å². The molecule has 3 nitrogen and oxygen atoms in total. The molecule has 1 atom stereocenters. The minimum Gasteiger partial charge on any atom is -0.347 e. The molecule has 3 aromatic rings.